The Labute approximate surface area is 153 Å². The molecule has 2 saturated carbocycles. The summed E-state index contributed by atoms with van der Waals surface area (Å²) in [6.07, 6.45) is 5.62. The minimum Gasteiger partial charge on any atom is -0.356 e. The van der Waals surface area contributed by atoms with Gasteiger partial charge in [0.2, 0.25) is 21.8 Å². The van der Waals surface area contributed by atoms with Crippen LogP contribution in [0.2, 0.25) is 0 Å². The van der Waals surface area contributed by atoms with Crippen molar-refractivity contribution < 1.29 is 18.0 Å². The maximum Gasteiger partial charge on any atom is 0.238 e. The molecule has 2 amide bonds. The van der Waals surface area contributed by atoms with Gasteiger partial charge in [0.05, 0.1) is 16.7 Å². The fraction of sp³-hybridized carbons (Fsp3) is 0.556. The molecule has 1 aromatic rings. The number of amides is 2. The summed E-state index contributed by atoms with van der Waals surface area (Å²) in [5.74, 6) is -0.487. The zero-order chi connectivity index (χ0) is 18.7. The normalized spacial score (nSPS) is 22.8. The highest BCUT2D eigenvalue weighted by atomic mass is 32.2. The summed E-state index contributed by atoms with van der Waals surface area (Å²) < 4.78 is 22.4. The van der Waals surface area contributed by atoms with Crippen LogP contribution in [0.25, 0.3) is 0 Å². The summed E-state index contributed by atoms with van der Waals surface area (Å²) in [7, 11) is -3.69. The van der Waals surface area contributed by atoms with Crippen molar-refractivity contribution in [1.82, 2.24) is 10.6 Å². The molecule has 0 saturated heterocycles. The Morgan fingerprint density at radius 2 is 1.65 bits per heavy atom. The summed E-state index contributed by atoms with van der Waals surface area (Å²) in [4.78, 5) is 24.3. The van der Waals surface area contributed by atoms with Gasteiger partial charge in [0, 0.05) is 12.6 Å². The van der Waals surface area contributed by atoms with E-state index in [-0.39, 0.29) is 34.6 Å². The van der Waals surface area contributed by atoms with Crippen LogP contribution in [0.15, 0.2) is 29.2 Å². The van der Waals surface area contributed by atoms with Crippen LogP contribution in [0, 0.1) is 11.8 Å². The smallest absolute Gasteiger partial charge is 0.238 e. The van der Waals surface area contributed by atoms with Crippen LogP contribution in [0.3, 0.4) is 0 Å². The second-order valence-corrected chi connectivity index (χ2v) is 8.73. The molecule has 0 bridgehead atoms. The number of nitrogens with one attached hydrogen (secondary N) is 2. The van der Waals surface area contributed by atoms with E-state index in [2.05, 4.69) is 10.6 Å². The fourth-order valence-electron chi connectivity index (χ4n) is 3.46. The molecule has 3 rings (SSSR count). The lowest BCUT2D eigenvalue weighted by atomic mass is 10.1. The third-order valence-electron chi connectivity index (χ3n) is 5.13. The molecular formula is C18H25N3O4S. The Hall–Kier alpha value is -1.93. The highest BCUT2D eigenvalue weighted by Crippen LogP contribution is 2.39. The molecule has 0 aliphatic heterocycles. The lowest BCUT2D eigenvalue weighted by Crippen LogP contribution is -2.35. The standard InChI is InChI=1S/C18H25N3O4S/c19-26(24,25)14-7-5-12(6-8-14)9-10-20-17(22)15-11-16(15)18(23)21-13-3-1-2-4-13/h5-8,13,15-16H,1-4,9-11H2,(H,20,22)(H,21,23)(H2,19,24,25). The molecule has 7 nitrogen and oxygen atoms in total. The SMILES string of the molecule is NS(=O)(=O)c1ccc(CCNC(=O)C2CC2C(=O)NC2CCCC2)cc1. The number of hydrogen-bond donors (Lipinski definition) is 3. The van der Waals surface area contributed by atoms with Crippen LogP contribution >= 0.6 is 0 Å². The van der Waals surface area contributed by atoms with Crippen molar-refractivity contribution in [3.8, 4) is 0 Å². The Morgan fingerprint density at radius 3 is 2.27 bits per heavy atom. The topological polar surface area (TPSA) is 118 Å². The van der Waals surface area contributed by atoms with E-state index in [1.165, 1.54) is 12.1 Å². The third kappa shape index (κ3) is 4.82. The van der Waals surface area contributed by atoms with E-state index in [0.29, 0.717) is 19.4 Å². The van der Waals surface area contributed by atoms with Gasteiger partial charge >= 0.3 is 0 Å². The number of carbonyl (C=O) groups excluding carboxylic acids is 2. The molecule has 2 fully saturated rings. The van der Waals surface area contributed by atoms with E-state index in [0.717, 1.165) is 31.2 Å². The van der Waals surface area contributed by atoms with Gasteiger partial charge in [-0.15, -0.1) is 0 Å². The van der Waals surface area contributed by atoms with Crippen LogP contribution in [-0.2, 0) is 26.0 Å². The number of primary sulfonamides is 1. The fourth-order valence-corrected chi connectivity index (χ4v) is 3.98. The van der Waals surface area contributed by atoms with E-state index in [4.69, 9.17) is 5.14 Å². The van der Waals surface area contributed by atoms with Gasteiger partial charge in [-0.3, -0.25) is 9.59 Å². The average Bonchev–Trinajstić information content (AvgIpc) is 3.25. The van der Waals surface area contributed by atoms with Crippen molar-refractivity contribution in [2.24, 2.45) is 17.0 Å². The number of carbonyl (C=O) groups is 2. The molecule has 0 aromatic heterocycles. The van der Waals surface area contributed by atoms with E-state index in [1.54, 1.807) is 12.1 Å². The second-order valence-electron chi connectivity index (χ2n) is 7.17. The quantitative estimate of drug-likeness (QED) is 0.646. The third-order valence-corrected chi connectivity index (χ3v) is 6.06. The number of sulfonamides is 1. The van der Waals surface area contributed by atoms with Gasteiger partial charge in [0.1, 0.15) is 0 Å². The Balaban J connectivity index is 1.39. The van der Waals surface area contributed by atoms with Crippen molar-refractivity contribution in [3.05, 3.63) is 29.8 Å². The molecule has 4 N–H and O–H groups in total. The van der Waals surface area contributed by atoms with Crippen molar-refractivity contribution in [3.63, 3.8) is 0 Å². The molecule has 0 heterocycles. The van der Waals surface area contributed by atoms with Gasteiger partial charge in [-0.25, -0.2) is 13.6 Å². The molecule has 2 aliphatic carbocycles. The molecule has 0 spiro atoms. The summed E-state index contributed by atoms with van der Waals surface area (Å²) >= 11 is 0. The molecule has 0 radical (unpaired) electrons. The van der Waals surface area contributed by atoms with Crippen LogP contribution in [0.4, 0.5) is 0 Å². The Morgan fingerprint density at radius 1 is 1.04 bits per heavy atom. The van der Waals surface area contributed by atoms with Gasteiger partial charge in [-0.2, -0.15) is 0 Å². The minimum atomic E-state index is -3.69. The van der Waals surface area contributed by atoms with E-state index >= 15 is 0 Å². The maximum atomic E-state index is 12.1. The Bertz CT molecular complexity index is 770. The molecule has 1 aromatic carbocycles. The molecule has 2 atom stereocenters. The second kappa shape index (κ2) is 7.75. The van der Waals surface area contributed by atoms with Crippen molar-refractivity contribution >= 4 is 21.8 Å². The van der Waals surface area contributed by atoms with Gasteiger partial charge in [0.15, 0.2) is 0 Å². The first kappa shape index (κ1) is 18.8. The first-order chi connectivity index (χ1) is 12.3. The molecule has 26 heavy (non-hydrogen) atoms. The monoisotopic (exact) mass is 379 g/mol. The lowest BCUT2D eigenvalue weighted by Gasteiger charge is -2.11. The highest BCUT2D eigenvalue weighted by molar-refractivity contribution is 7.89. The van der Waals surface area contributed by atoms with Crippen molar-refractivity contribution in [1.29, 1.82) is 0 Å². The van der Waals surface area contributed by atoms with Crippen LogP contribution in [0.5, 0.6) is 0 Å². The molecular weight excluding hydrogens is 354 g/mol. The maximum absolute atomic E-state index is 12.1. The predicted molar refractivity (Wildman–Crippen MR) is 96.5 cm³/mol. The van der Waals surface area contributed by atoms with Crippen LogP contribution < -0.4 is 15.8 Å². The van der Waals surface area contributed by atoms with E-state index in [9.17, 15) is 18.0 Å². The van der Waals surface area contributed by atoms with E-state index < -0.39 is 10.0 Å². The Kier molecular flexibility index (Phi) is 5.62. The largest absolute Gasteiger partial charge is 0.356 e. The zero-order valence-electron chi connectivity index (χ0n) is 14.6. The molecule has 2 unspecified atom stereocenters. The zero-order valence-corrected chi connectivity index (χ0v) is 15.4. The van der Waals surface area contributed by atoms with Crippen molar-refractivity contribution in [2.75, 3.05) is 6.54 Å². The lowest BCUT2D eigenvalue weighted by molar-refractivity contribution is -0.127. The van der Waals surface area contributed by atoms with Gasteiger partial charge in [0.25, 0.3) is 0 Å². The number of benzene rings is 1. The number of hydrogen-bond acceptors (Lipinski definition) is 4. The summed E-state index contributed by atoms with van der Waals surface area (Å²) in [5, 5.41) is 11.0. The van der Waals surface area contributed by atoms with Gasteiger partial charge in [-0.05, 0) is 43.4 Å². The average molecular weight is 379 g/mol. The van der Waals surface area contributed by atoms with Gasteiger partial charge < -0.3 is 10.6 Å². The first-order valence-electron chi connectivity index (χ1n) is 9.04. The van der Waals surface area contributed by atoms with Crippen LogP contribution in [0.1, 0.15) is 37.7 Å². The van der Waals surface area contributed by atoms with Gasteiger partial charge in [-0.1, -0.05) is 25.0 Å². The summed E-state index contributed by atoms with van der Waals surface area (Å²) in [6, 6.07) is 6.56. The molecule has 2 aliphatic rings. The number of rotatable bonds is 7. The highest BCUT2D eigenvalue weighted by Gasteiger charge is 2.48. The summed E-state index contributed by atoms with van der Waals surface area (Å²) in [5.41, 5.74) is 0.907. The minimum absolute atomic E-state index is 0.00985. The molecule has 8 heteroatoms. The molecule has 142 valence electrons. The van der Waals surface area contributed by atoms with Crippen LogP contribution in [-0.4, -0.2) is 32.8 Å². The predicted octanol–water partition coefficient (Wildman–Crippen LogP) is 0.688. The number of nitrogens with two attached hydrogens (primary N) is 1. The van der Waals surface area contributed by atoms with E-state index in [1.807, 2.05) is 0 Å². The first-order valence-corrected chi connectivity index (χ1v) is 10.6. The summed E-state index contributed by atoms with van der Waals surface area (Å²) in [6.45, 7) is 0.445. The van der Waals surface area contributed by atoms with Crippen molar-refractivity contribution in [2.45, 2.75) is 49.5 Å².